The lowest BCUT2D eigenvalue weighted by Crippen LogP contribution is -2.21. The fourth-order valence-corrected chi connectivity index (χ4v) is 2.70. The molecule has 2 aromatic rings. The molecule has 1 N–H and O–H groups in total. The zero-order valence-electron chi connectivity index (χ0n) is 12.0. The lowest BCUT2D eigenvalue weighted by Gasteiger charge is -2.21. The van der Waals surface area contributed by atoms with E-state index in [1.807, 2.05) is 27.0 Å². The van der Waals surface area contributed by atoms with Gasteiger partial charge in [-0.15, -0.1) is 0 Å². The van der Waals surface area contributed by atoms with Gasteiger partial charge in [0.1, 0.15) is 11.6 Å². The van der Waals surface area contributed by atoms with E-state index in [2.05, 4.69) is 5.32 Å². The first-order chi connectivity index (χ1) is 9.52. The summed E-state index contributed by atoms with van der Waals surface area (Å²) in [5, 5.41) is 3.21. The van der Waals surface area contributed by atoms with Crippen molar-refractivity contribution in [2.75, 3.05) is 7.05 Å². The lowest BCUT2D eigenvalue weighted by atomic mass is 9.91. The van der Waals surface area contributed by atoms with Gasteiger partial charge >= 0.3 is 0 Å². The van der Waals surface area contributed by atoms with E-state index in [9.17, 15) is 8.78 Å². The third kappa shape index (κ3) is 3.05. The predicted octanol–water partition coefficient (Wildman–Crippen LogP) is 4.08. The fraction of sp³-hybridized carbons (Fsp3) is 0.294. The van der Waals surface area contributed by atoms with Crippen molar-refractivity contribution in [1.82, 2.24) is 5.32 Å². The zero-order valence-corrected chi connectivity index (χ0v) is 12.0. The molecule has 0 aliphatic rings. The number of nitrogens with one attached hydrogen (secondary N) is 1. The van der Waals surface area contributed by atoms with E-state index in [1.54, 1.807) is 12.1 Å². The molecule has 0 aliphatic heterocycles. The SMILES string of the molecule is CNC(Cc1ccccc1F)c1c(C)cc(F)cc1C. The first-order valence-electron chi connectivity index (χ1n) is 6.70. The average molecular weight is 275 g/mol. The number of likely N-dealkylation sites (N-methyl/N-ethyl adjacent to an activating group) is 1. The maximum Gasteiger partial charge on any atom is 0.126 e. The predicted molar refractivity (Wildman–Crippen MR) is 77.8 cm³/mol. The molecule has 106 valence electrons. The Morgan fingerprint density at radius 2 is 1.65 bits per heavy atom. The Bertz CT molecular complexity index is 585. The molecule has 20 heavy (non-hydrogen) atoms. The molecule has 0 aliphatic carbocycles. The van der Waals surface area contributed by atoms with Crippen molar-refractivity contribution in [3.05, 3.63) is 70.3 Å². The second kappa shape index (κ2) is 6.14. The molecule has 1 nitrogen and oxygen atoms in total. The quantitative estimate of drug-likeness (QED) is 0.886. The summed E-state index contributed by atoms with van der Waals surface area (Å²) >= 11 is 0. The van der Waals surface area contributed by atoms with E-state index in [-0.39, 0.29) is 17.7 Å². The van der Waals surface area contributed by atoms with Crippen LogP contribution in [0.2, 0.25) is 0 Å². The average Bonchev–Trinajstić information content (AvgIpc) is 2.38. The summed E-state index contributed by atoms with van der Waals surface area (Å²) in [7, 11) is 1.84. The molecule has 3 heteroatoms. The molecule has 0 saturated heterocycles. The number of rotatable bonds is 4. The zero-order chi connectivity index (χ0) is 14.7. The van der Waals surface area contributed by atoms with E-state index < -0.39 is 0 Å². The van der Waals surface area contributed by atoms with Crippen LogP contribution in [0.25, 0.3) is 0 Å². The van der Waals surface area contributed by atoms with Crippen LogP contribution < -0.4 is 5.32 Å². The Morgan fingerprint density at radius 3 is 2.20 bits per heavy atom. The van der Waals surface area contributed by atoms with E-state index in [4.69, 9.17) is 0 Å². The van der Waals surface area contributed by atoms with Crippen molar-refractivity contribution >= 4 is 0 Å². The molecule has 0 fully saturated rings. The fourth-order valence-electron chi connectivity index (χ4n) is 2.70. The summed E-state index contributed by atoms with van der Waals surface area (Å²) in [5.41, 5.74) is 3.48. The smallest absolute Gasteiger partial charge is 0.126 e. The topological polar surface area (TPSA) is 12.0 Å². The molecular weight excluding hydrogens is 256 g/mol. The Morgan fingerprint density at radius 1 is 1.05 bits per heavy atom. The molecule has 2 aromatic carbocycles. The Labute approximate surface area is 118 Å². The van der Waals surface area contributed by atoms with Gasteiger partial charge in [-0.2, -0.15) is 0 Å². The van der Waals surface area contributed by atoms with Crippen molar-refractivity contribution < 1.29 is 8.78 Å². The highest BCUT2D eigenvalue weighted by Crippen LogP contribution is 2.26. The Balaban J connectivity index is 2.37. The van der Waals surface area contributed by atoms with E-state index >= 15 is 0 Å². The van der Waals surface area contributed by atoms with Gasteiger partial charge in [-0.1, -0.05) is 18.2 Å². The highest BCUT2D eigenvalue weighted by atomic mass is 19.1. The van der Waals surface area contributed by atoms with Crippen LogP contribution in [0.3, 0.4) is 0 Å². The number of halogens is 2. The highest BCUT2D eigenvalue weighted by Gasteiger charge is 2.17. The van der Waals surface area contributed by atoms with Gasteiger partial charge in [-0.25, -0.2) is 8.78 Å². The van der Waals surface area contributed by atoms with Crippen LogP contribution in [0.1, 0.15) is 28.3 Å². The monoisotopic (exact) mass is 275 g/mol. The van der Waals surface area contributed by atoms with Crippen LogP contribution in [0, 0.1) is 25.5 Å². The minimum atomic E-state index is -0.232. The summed E-state index contributed by atoms with van der Waals surface area (Å²) in [6.07, 6.45) is 0.538. The summed E-state index contributed by atoms with van der Waals surface area (Å²) < 4.78 is 27.2. The Hall–Kier alpha value is -1.74. The van der Waals surface area contributed by atoms with Crippen LogP contribution in [0.5, 0.6) is 0 Å². The third-order valence-electron chi connectivity index (χ3n) is 3.64. The molecule has 0 saturated carbocycles. The van der Waals surface area contributed by atoms with Gasteiger partial charge in [0.2, 0.25) is 0 Å². The summed E-state index contributed by atoms with van der Waals surface area (Å²) in [6, 6.07) is 9.77. The van der Waals surface area contributed by atoms with Crippen LogP contribution in [-0.4, -0.2) is 7.05 Å². The molecule has 0 spiro atoms. The van der Waals surface area contributed by atoms with Crippen LogP contribution >= 0.6 is 0 Å². The van der Waals surface area contributed by atoms with Crippen molar-refractivity contribution in [3.8, 4) is 0 Å². The van der Waals surface area contributed by atoms with E-state index in [1.165, 1.54) is 18.2 Å². The van der Waals surface area contributed by atoms with Gasteiger partial charge < -0.3 is 5.32 Å². The number of hydrogen-bond acceptors (Lipinski definition) is 1. The molecule has 2 rings (SSSR count). The maximum absolute atomic E-state index is 13.8. The van der Waals surface area contributed by atoms with Crippen LogP contribution in [0.4, 0.5) is 8.78 Å². The van der Waals surface area contributed by atoms with Crippen molar-refractivity contribution in [1.29, 1.82) is 0 Å². The molecule has 0 amide bonds. The summed E-state index contributed by atoms with van der Waals surface area (Å²) in [6.45, 7) is 3.77. The molecule has 0 heterocycles. The van der Waals surface area contributed by atoms with E-state index in [0.29, 0.717) is 12.0 Å². The largest absolute Gasteiger partial charge is 0.313 e. The van der Waals surface area contributed by atoms with Crippen molar-refractivity contribution in [2.45, 2.75) is 26.3 Å². The van der Waals surface area contributed by atoms with Gasteiger partial charge in [0.05, 0.1) is 0 Å². The summed E-state index contributed by atoms with van der Waals surface area (Å²) in [5.74, 6) is -0.435. The molecule has 1 unspecified atom stereocenters. The number of aryl methyl sites for hydroxylation is 2. The van der Waals surface area contributed by atoms with Crippen LogP contribution in [-0.2, 0) is 6.42 Å². The van der Waals surface area contributed by atoms with Gasteiger partial charge in [0, 0.05) is 6.04 Å². The minimum absolute atomic E-state index is 0.0347. The van der Waals surface area contributed by atoms with E-state index in [0.717, 1.165) is 16.7 Å². The van der Waals surface area contributed by atoms with Crippen molar-refractivity contribution in [2.24, 2.45) is 0 Å². The molecule has 0 radical (unpaired) electrons. The highest BCUT2D eigenvalue weighted by molar-refractivity contribution is 5.38. The number of benzene rings is 2. The summed E-state index contributed by atoms with van der Waals surface area (Å²) in [4.78, 5) is 0. The first kappa shape index (κ1) is 14.7. The molecule has 1 atom stereocenters. The maximum atomic E-state index is 13.8. The normalized spacial score (nSPS) is 12.4. The Kier molecular flexibility index (Phi) is 4.50. The molecule has 0 aromatic heterocycles. The minimum Gasteiger partial charge on any atom is -0.313 e. The molecular formula is C17H19F2N. The molecule has 0 bridgehead atoms. The second-order valence-electron chi connectivity index (χ2n) is 5.09. The van der Waals surface area contributed by atoms with Gasteiger partial charge in [0.15, 0.2) is 0 Å². The second-order valence-corrected chi connectivity index (χ2v) is 5.09. The lowest BCUT2D eigenvalue weighted by molar-refractivity contribution is 0.548. The van der Waals surface area contributed by atoms with Gasteiger partial charge in [-0.05, 0) is 67.8 Å². The van der Waals surface area contributed by atoms with Gasteiger partial charge in [-0.3, -0.25) is 0 Å². The first-order valence-corrected chi connectivity index (χ1v) is 6.70. The van der Waals surface area contributed by atoms with Crippen molar-refractivity contribution in [3.63, 3.8) is 0 Å². The standard InChI is InChI=1S/C17H19F2N/c1-11-8-14(18)9-12(2)17(11)16(20-3)10-13-6-4-5-7-15(13)19/h4-9,16,20H,10H2,1-3H3. The van der Waals surface area contributed by atoms with Crippen LogP contribution in [0.15, 0.2) is 36.4 Å². The third-order valence-corrected chi connectivity index (χ3v) is 3.64. The number of hydrogen-bond donors (Lipinski definition) is 1. The van der Waals surface area contributed by atoms with Gasteiger partial charge in [0.25, 0.3) is 0 Å².